The molecule has 0 spiro atoms. The quantitative estimate of drug-likeness (QED) is 0.617. The Balaban J connectivity index is 3.02. The molecule has 0 saturated carbocycles. The first-order chi connectivity index (χ1) is 5.54. The predicted molar refractivity (Wildman–Crippen MR) is 38.4 cm³/mol. The molecule has 5 heteroatoms. The molecule has 0 atom stereocenters. The van der Waals surface area contributed by atoms with E-state index in [2.05, 4.69) is 0 Å². The van der Waals surface area contributed by atoms with Gasteiger partial charge in [0.05, 0.1) is 17.7 Å². The van der Waals surface area contributed by atoms with Gasteiger partial charge in [0.1, 0.15) is 0 Å². The van der Waals surface area contributed by atoms with Crippen LogP contribution in [0.15, 0.2) is 29.2 Å². The van der Waals surface area contributed by atoms with Crippen LogP contribution in [0.25, 0.3) is 0 Å². The molecule has 0 radical (unpaired) electrons. The van der Waals surface area contributed by atoms with Crippen molar-refractivity contribution in [1.29, 1.82) is 0 Å². The molecule has 1 aromatic rings. The third-order valence-corrected chi connectivity index (χ3v) is 1.68. The minimum absolute atomic E-state index is 0.0372. The van der Waals surface area contributed by atoms with Gasteiger partial charge in [-0.05, 0) is 18.2 Å². The topological polar surface area (TPSA) is 0 Å². The van der Waals surface area contributed by atoms with Crippen molar-refractivity contribution in [2.24, 2.45) is 0 Å². The Morgan fingerprint density at radius 2 is 1.83 bits per heavy atom. The van der Waals surface area contributed by atoms with Crippen molar-refractivity contribution in [3.05, 3.63) is 29.8 Å². The summed E-state index contributed by atoms with van der Waals surface area (Å²) < 4.78 is 47.8. The molecule has 0 aliphatic heterocycles. The zero-order valence-electron chi connectivity index (χ0n) is 5.73. The molecular formula is C7H4F4S. The van der Waals surface area contributed by atoms with Gasteiger partial charge in [-0.25, -0.2) is 0 Å². The summed E-state index contributed by atoms with van der Waals surface area (Å²) in [7, 11) is 0. The second-order valence-corrected chi connectivity index (χ2v) is 2.73. The molecule has 1 aromatic carbocycles. The van der Waals surface area contributed by atoms with Gasteiger partial charge >= 0.3 is 6.18 Å². The van der Waals surface area contributed by atoms with Crippen LogP contribution < -0.4 is 0 Å². The van der Waals surface area contributed by atoms with Crippen LogP contribution in [0.4, 0.5) is 17.1 Å². The van der Waals surface area contributed by atoms with Gasteiger partial charge in [0.2, 0.25) is 0 Å². The summed E-state index contributed by atoms with van der Waals surface area (Å²) >= 11 is -0.201. The number of rotatable bonds is 1. The van der Waals surface area contributed by atoms with Crippen LogP contribution in [0.5, 0.6) is 0 Å². The molecule has 0 heterocycles. The van der Waals surface area contributed by atoms with Crippen LogP contribution in [-0.4, -0.2) is 0 Å². The van der Waals surface area contributed by atoms with Crippen molar-refractivity contribution in [1.82, 2.24) is 0 Å². The molecule has 0 nitrogen and oxygen atoms in total. The van der Waals surface area contributed by atoms with Gasteiger partial charge in [-0.15, -0.1) is 0 Å². The van der Waals surface area contributed by atoms with Crippen LogP contribution in [0.2, 0.25) is 0 Å². The van der Waals surface area contributed by atoms with Crippen LogP contribution in [-0.2, 0) is 6.18 Å². The first-order valence-corrected chi connectivity index (χ1v) is 3.71. The van der Waals surface area contributed by atoms with E-state index in [0.29, 0.717) is 0 Å². The zero-order chi connectivity index (χ0) is 9.19. The van der Waals surface area contributed by atoms with Crippen LogP contribution in [0, 0.1) is 0 Å². The lowest BCUT2D eigenvalue weighted by atomic mass is 10.2. The van der Waals surface area contributed by atoms with Crippen molar-refractivity contribution in [2.75, 3.05) is 0 Å². The van der Waals surface area contributed by atoms with E-state index in [1.807, 2.05) is 0 Å². The Kier molecular flexibility index (Phi) is 2.62. The second-order valence-electron chi connectivity index (χ2n) is 2.10. The minimum Gasteiger partial charge on any atom is -0.166 e. The molecule has 0 aromatic heterocycles. The van der Waals surface area contributed by atoms with Gasteiger partial charge in [0.15, 0.2) is 0 Å². The number of hydrogen-bond acceptors (Lipinski definition) is 1. The average Bonchev–Trinajstić information content (AvgIpc) is 2.03. The summed E-state index contributed by atoms with van der Waals surface area (Å²) in [5.74, 6) is 0. The van der Waals surface area contributed by atoms with E-state index in [4.69, 9.17) is 0 Å². The maximum absolute atomic E-state index is 12.0. The van der Waals surface area contributed by atoms with Gasteiger partial charge in [-0.2, -0.15) is 17.1 Å². The van der Waals surface area contributed by atoms with Gasteiger partial charge in [-0.1, -0.05) is 6.07 Å². The lowest BCUT2D eigenvalue weighted by Crippen LogP contribution is -2.04. The molecule has 66 valence electrons. The van der Waals surface area contributed by atoms with Crippen LogP contribution >= 0.6 is 12.1 Å². The molecule has 0 N–H and O–H groups in total. The van der Waals surface area contributed by atoms with E-state index in [1.165, 1.54) is 12.1 Å². The molecule has 0 fully saturated rings. The summed E-state index contributed by atoms with van der Waals surface area (Å²) in [6, 6.07) is 4.12. The third kappa shape index (κ3) is 2.14. The fraction of sp³-hybridized carbons (Fsp3) is 0.143. The molecule has 0 aliphatic rings. The maximum Gasteiger partial charge on any atom is 0.416 e. The SMILES string of the molecule is FSc1cccc(C(F)(F)F)c1. The monoisotopic (exact) mass is 196 g/mol. The van der Waals surface area contributed by atoms with Gasteiger partial charge < -0.3 is 0 Å². The summed E-state index contributed by atoms with van der Waals surface area (Å²) in [5.41, 5.74) is -0.829. The van der Waals surface area contributed by atoms with Crippen molar-refractivity contribution in [3.8, 4) is 0 Å². The van der Waals surface area contributed by atoms with Crippen molar-refractivity contribution in [3.63, 3.8) is 0 Å². The molecule has 12 heavy (non-hydrogen) atoms. The highest BCUT2D eigenvalue weighted by molar-refractivity contribution is 7.94. The zero-order valence-corrected chi connectivity index (χ0v) is 6.55. The van der Waals surface area contributed by atoms with Gasteiger partial charge in [-0.3, -0.25) is 0 Å². The lowest BCUT2D eigenvalue weighted by molar-refractivity contribution is -0.137. The Morgan fingerprint density at radius 1 is 1.17 bits per heavy atom. The number of halogens is 4. The van der Waals surface area contributed by atoms with E-state index in [0.717, 1.165) is 12.1 Å². The fourth-order valence-electron chi connectivity index (χ4n) is 0.720. The highest BCUT2D eigenvalue weighted by Gasteiger charge is 2.30. The minimum atomic E-state index is -4.40. The van der Waals surface area contributed by atoms with Gasteiger partial charge in [0, 0.05) is 4.90 Å². The summed E-state index contributed by atoms with van der Waals surface area (Å²) in [4.78, 5) is -0.0372. The van der Waals surface area contributed by atoms with E-state index in [9.17, 15) is 17.1 Å². The molecular weight excluding hydrogens is 192 g/mol. The van der Waals surface area contributed by atoms with Crippen molar-refractivity contribution < 1.29 is 17.1 Å². The highest BCUT2D eigenvalue weighted by Crippen LogP contribution is 2.31. The number of benzene rings is 1. The largest absolute Gasteiger partial charge is 0.416 e. The summed E-state index contributed by atoms with van der Waals surface area (Å²) in [5, 5.41) is 0. The first-order valence-electron chi connectivity index (χ1n) is 3.00. The normalized spacial score (nSPS) is 11.7. The molecule has 0 aliphatic carbocycles. The van der Waals surface area contributed by atoms with E-state index in [-0.39, 0.29) is 17.0 Å². The summed E-state index contributed by atoms with van der Waals surface area (Å²) in [6.45, 7) is 0. The Bertz CT molecular complexity index is 268. The first kappa shape index (κ1) is 9.38. The molecule has 0 unspecified atom stereocenters. The lowest BCUT2D eigenvalue weighted by Gasteiger charge is -2.05. The van der Waals surface area contributed by atoms with E-state index < -0.39 is 11.7 Å². The number of alkyl halides is 3. The molecule has 0 amide bonds. The smallest absolute Gasteiger partial charge is 0.166 e. The summed E-state index contributed by atoms with van der Waals surface area (Å²) in [6.07, 6.45) is -4.40. The van der Waals surface area contributed by atoms with E-state index in [1.54, 1.807) is 0 Å². The Labute approximate surface area is 70.9 Å². The second kappa shape index (κ2) is 3.35. The van der Waals surface area contributed by atoms with Crippen LogP contribution in [0.3, 0.4) is 0 Å². The molecule has 0 saturated heterocycles. The van der Waals surface area contributed by atoms with E-state index >= 15 is 0 Å². The Morgan fingerprint density at radius 3 is 2.33 bits per heavy atom. The Hall–Kier alpha value is -0.710. The van der Waals surface area contributed by atoms with Crippen molar-refractivity contribution in [2.45, 2.75) is 11.1 Å². The fourth-order valence-corrected chi connectivity index (χ4v) is 1.02. The van der Waals surface area contributed by atoms with Gasteiger partial charge in [0.25, 0.3) is 0 Å². The standard InChI is InChI=1S/C7H4F4S/c8-7(9,10)5-2-1-3-6(4-5)12-11/h1-4H. The maximum atomic E-state index is 12.0. The van der Waals surface area contributed by atoms with Crippen LogP contribution in [0.1, 0.15) is 5.56 Å². The average molecular weight is 196 g/mol. The molecule has 0 bridgehead atoms. The third-order valence-electron chi connectivity index (χ3n) is 1.25. The molecule has 1 rings (SSSR count). The predicted octanol–water partition coefficient (Wildman–Crippen LogP) is 3.68. The van der Waals surface area contributed by atoms with Crippen molar-refractivity contribution >= 4 is 12.1 Å². The number of hydrogen-bond donors (Lipinski definition) is 0. The highest BCUT2D eigenvalue weighted by atomic mass is 32.2.